The van der Waals surface area contributed by atoms with E-state index in [4.69, 9.17) is 9.15 Å². The van der Waals surface area contributed by atoms with Crippen molar-refractivity contribution in [1.29, 1.82) is 0 Å². The SMILES string of the molecule is O=C(OCc1nc2ccccc2s1)c1cc(-c2ccco2)nc2ccccc12. The summed E-state index contributed by atoms with van der Waals surface area (Å²) in [5, 5.41) is 1.51. The zero-order chi connectivity index (χ0) is 18.9. The summed E-state index contributed by atoms with van der Waals surface area (Å²) >= 11 is 1.52. The van der Waals surface area contributed by atoms with Crippen LogP contribution in [0.15, 0.2) is 77.4 Å². The smallest absolute Gasteiger partial charge is 0.339 e. The highest BCUT2D eigenvalue weighted by atomic mass is 32.1. The minimum absolute atomic E-state index is 0.130. The lowest BCUT2D eigenvalue weighted by molar-refractivity contribution is 0.0475. The van der Waals surface area contributed by atoms with Gasteiger partial charge in [0.05, 0.1) is 27.6 Å². The molecule has 2 aromatic carbocycles. The Morgan fingerprint density at radius 2 is 1.79 bits per heavy atom. The number of nitrogens with zero attached hydrogens (tertiary/aromatic N) is 2. The van der Waals surface area contributed by atoms with Crippen LogP contribution in [0.1, 0.15) is 15.4 Å². The predicted molar refractivity (Wildman–Crippen MR) is 108 cm³/mol. The monoisotopic (exact) mass is 386 g/mol. The van der Waals surface area contributed by atoms with Crippen LogP contribution in [0, 0.1) is 0 Å². The Bertz CT molecular complexity index is 1260. The standard InChI is InChI=1S/C22H14N2O3S/c25-22(27-13-21-24-17-8-3-4-10-20(17)28-21)15-12-18(19-9-5-11-26-19)23-16-7-2-1-6-14(15)16/h1-12H,13H2. The van der Waals surface area contributed by atoms with Gasteiger partial charge in [0.15, 0.2) is 5.76 Å². The fourth-order valence-corrected chi connectivity index (χ4v) is 3.96. The third kappa shape index (κ3) is 3.04. The first-order valence-corrected chi connectivity index (χ1v) is 9.55. The van der Waals surface area contributed by atoms with Crippen LogP contribution in [0.25, 0.3) is 32.6 Å². The average Bonchev–Trinajstić information content (AvgIpc) is 3.40. The summed E-state index contributed by atoms with van der Waals surface area (Å²) in [6.45, 7) is 0.130. The molecule has 0 radical (unpaired) electrons. The zero-order valence-corrected chi connectivity index (χ0v) is 15.5. The summed E-state index contributed by atoms with van der Waals surface area (Å²) in [5.74, 6) is 0.191. The Balaban J connectivity index is 1.48. The van der Waals surface area contributed by atoms with Gasteiger partial charge in [0, 0.05) is 5.39 Å². The molecule has 3 heterocycles. The van der Waals surface area contributed by atoms with Crippen LogP contribution in [0.5, 0.6) is 0 Å². The van der Waals surface area contributed by atoms with Crippen molar-refractivity contribution in [3.63, 3.8) is 0 Å². The number of carbonyl (C=O) groups excluding carboxylic acids is 1. The van der Waals surface area contributed by atoms with Gasteiger partial charge >= 0.3 is 5.97 Å². The second-order valence-corrected chi connectivity index (χ2v) is 7.32. The molecule has 0 unspecified atom stereocenters. The number of carbonyl (C=O) groups is 1. The summed E-state index contributed by atoms with van der Waals surface area (Å²) < 4.78 is 12.1. The first-order valence-electron chi connectivity index (χ1n) is 8.73. The molecule has 0 fully saturated rings. The molecule has 136 valence electrons. The number of rotatable bonds is 4. The number of para-hydroxylation sites is 2. The van der Waals surface area contributed by atoms with Crippen molar-refractivity contribution >= 4 is 38.4 Å². The van der Waals surface area contributed by atoms with Crippen molar-refractivity contribution in [2.24, 2.45) is 0 Å². The Labute approximate surface area is 164 Å². The van der Waals surface area contributed by atoms with Crippen LogP contribution in [0.4, 0.5) is 0 Å². The van der Waals surface area contributed by atoms with Gasteiger partial charge in [0.25, 0.3) is 0 Å². The molecule has 0 atom stereocenters. The van der Waals surface area contributed by atoms with E-state index >= 15 is 0 Å². The minimum Gasteiger partial charge on any atom is -0.463 e. The lowest BCUT2D eigenvalue weighted by atomic mass is 10.1. The van der Waals surface area contributed by atoms with Gasteiger partial charge in [-0.1, -0.05) is 30.3 Å². The number of aromatic nitrogens is 2. The Kier molecular flexibility index (Phi) is 4.10. The highest BCUT2D eigenvalue weighted by molar-refractivity contribution is 7.18. The topological polar surface area (TPSA) is 65.2 Å². The summed E-state index contributed by atoms with van der Waals surface area (Å²) in [6, 6.07) is 20.7. The third-order valence-corrected chi connectivity index (χ3v) is 5.38. The molecular formula is C22H14N2O3S. The quantitative estimate of drug-likeness (QED) is 0.384. The van der Waals surface area contributed by atoms with E-state index in [1.165, 1.54) is 11.3 Å². The van der Waals surface area contributed by atoms with E-state index in [9.17, 15) is 4.79 Å². The van der Waals surface area contributed by atoms with E-state index in [-0.39, 0.29) is 6.61 Å². The first-order chi connectivity index (χ1) is 13.8. The molecule has 0 N–H and O–H groups in total. The van der Waals surface area contributed by atoms with E-state index in [1.807, 2.05) is 54.6 Å². The average molecular weight is 386 g/mol. The molecule has 5 nitrogen and oxygen atoms in total. The van der Waals surface area contributed by atoms with Crippen LogP contribution in [0.3, 0.4) is 0 Å². The number of furan rings is 1. The van der Waals surface area contributed by atoms with Gasteiger partial charge in [-0.3, -0.25) is 0 Å². The van der Waals surface area contributed by atoms with Crippen molar-refractivity contribution in [2.75, 3.05) is 0 Å². The number of esters is 1. The maximum absolute atomic E-state index is 12.9. The van der Waals surface area contributed by atoms with Crippen molar-refractivity contribution in [3.8, 4) is 11.5 Å². The van der Waals surface area contributed by atoms with Crippen molar-refractivity contribution < 1.29 is 13.9 Å². The lowest BCUT2D eigenvalue weighted by Crippen LogP contribution is -2.07. The Morgan fingerprint density at radius 1 is 0.964 bits per heavy atom. The highest BCUT2D eigenvalue weighted by Gasteiger charge is 2.17. The molecule has 3 aromatic heterocycles. The van der Waals surface area contributed by atoms with Crippen LogP contribution in [-0.2, 0) is 11.3 Å². The van der Waals surface area contributed by atoms with Crippen LogP contribution >= 0.6 is 11.3 Å². The van der Waals surface area contributed by atoms with E-state index in [0.717, 1.165) is 20.6 Å². The molecule has 0 amide bonds. The fourth-order valence-electron chi connectivity index (χ4n) is 3.08. The van der Waals surface area contributed by atoms with E-state index in [2.05, 4.69) is 9.97 Å². The molecule has 0 saturated carbocycles. The molecule has 6 heteroatoms. The zero-order valence-electron chi connectivity index (χ0n) is 14.7. The number of pyridine rings is 1. The molecule has 0 saturated heterocycles. The highest BCUT2D eigenvalue weighted by Crippen LogP contribution is 2.27. The normalized spacial score (nSPS) is 11.1. The number of hydrogen-bond donors (Lipinski definition) is 0. The van der Waals surface area contributed by atoms with Gasteiger partial charge in [0.1, 0.15) is 17.3 Å². The first kappa shape index (κ1) is 16.6. The van der Waals surface area contributed by atoms with Gasteiger partial charge in [-0.15, -0.1) is 11.3 Å². The number of fused-ring (bicyclic) bond motifs is 2. The molecule has 0 aliphatic rings. The van der Waals surface area contributed by atoms with Crippen molar-refractivity contribution in [3.05, 3.63) is 83.6 Å². The number of hydrogen-bond acceptors (Lipinski definition) is 6. The fraction of sp³-hybridized carbons (Fsp3) is 0.0455. The van der Waals surface area contributed by atoms with Gasteiger partial charge in [-0.2, -0.15) is 0 Å². The summed E-state index contributed by atoms with van der Waals surface area (Å²) in [4.78, 5) is 22.0. The van der Waals surface area contributed by atoms with Gasteiger partial charge in [0.2, 0.25) is 0 Å². The molecular weight excluding hydrogens is 372 g/mol. The van der Waals surface area contributed by atoms with Gasteiger partial charge in [-0.25, -0.2) is 14.8 Å². The molecule has 0 spiro atoms. The molecule has 0 aliphatic carbocycles. The number of ether oxygens (including phenoxy) is 1. The summed E-state index contributed by atoms with van der Waals surface area (Å²) in [6.07, 6.45) is 1.58. The molecule has 5 aromatic rings. The minimum atomic E-state index is -0.411. The third-order valence-electron chi connectivity index (χ3n) is 4.37. The van der Waals surface area contributed by atoms with Crippen LogP contribution < -0.4 is 0 Å². The molecule has 0 bridgehead atoms. The maximum Gasteiger partial charge on any atom is 0.339 e. The Morgan fingerprint density at radius 3 is 2.61 bits per heavy atom. The van der Waals surface area contributed by atoms with E-state index < -0.39 is 5.97 Å². The maximum atomic E-state index is 12.9. The van der Waals surface area contributed by atoms with Crippen molar-refractivity contribution in [1.82, 2.24) is 9.97 Å². The number of thiazole rings is 1. The number of benzene rings is 2. The molecule has 5 rings (SSSR count). The lowest BCUT2D eigenvalue weighted by Gasteiger charge is -2.08. The van der Waals surface area contributed by atoms with Gasteiger partial charge < -0.3 is 9.15 Å². The summed E-state index contributed by atoms with van der Waals surface area (Å²) in [7, 11) is 0. The van der Waals surface area contributed by atoms with E-state index in [1.54, 1.807) is 18.4 Å². The molecule has 0 aliphatic heterocycles. The second-order valence-electron chi connectivity index (χ2n) is 6.20. The second kappa shape index (κ2) is 6.90. The van der Waals surface area contributed by atoms with Crippen LogP contribution in [-0.4, -0.2) is 15.9 Å². The Hall–Kier alpha value is -3.51. The predicted octanol–water partition coefficient (Wildman–Crippen LogP) is 5.46. The van der Waals surface area contributed by atoms with E-state index in [0.29, 0.717) is 22.5 Å². The summed E-state index contributed by atoms with van der Waals surface area (Å²) in [5.41, 5.74) is 2.67. The van der Waals surface area contributed by atoms with Crippen molar-refractivity contribution in [2.45, 2.75) is 6.61 Å². The largest absolute Gasteiger partial charge is 0.463 e. The van der Waals surface area contributed by atoms with Crippen LogP contribution in [0.2, 0.25) is 0 Å². The molecule has 28 heavy (non-hydrogen) atoms. The van der Waals surface area contributed by atoms with Gasteiger partial charge in [-0.05, 0) is 36.4 Å².